The number of carbonyl (C=O) groups is 1. The molecule has 1 aliphatic rings. The van der Waals surface area contributed by atoms with Crippen molar-refractivity contribution in [3.63, 3.8) is 0 Å². The molecule has 1 heterocycles. The Balaban J connectivity index is 1.61. The van der Waals surface area contributed by atoms with Gasteiger partial charge >= 0.3 is 0 Å². The molecule has 2 aromatic rings. The molecular formula is C19H20Cl2N2O. The Kier molecular flexibility index (Phi) is 5.77. The van der Waals surface area contributed by atoms with Crippen LogP contribution in [0, 0.1) is 5.92 Å². The van der Waals surface area contributed by atoms with Crippen LogP contribution in [0.2, 0.25) is 10.0 Å². The number of amides is 1. The maximum absolute atomic E-state index is 12.6. The number of hydrogen-bond donors (Lipinski definition) is 2. The summed E-state index contributed by atoms with van der Waals surface area (Å²) in [6, 6.07) is 15.7. The summed E-state index contributed by atoms with van der Waals surface area (Å²) in [5, 5.41) is 7.57. The highest BCUT2D eigenvalue weighted by molar-refractivity contribution is 6.34. The van der Waals surface area contributed by atoms with E-state index in [2.05, 4.69) is 22.8 Å². The van der Waals surface area contributed by atoms with Gasteiger partial charge in [-0.3, -0.25) is 4.79 Å². The van der Waals surface area contributed by atoms with Gasteiger partial charge in [0, 0.05) is 35.6 Å². The van der Waals surface area contributed by atoms with Crippen molar-refractivity contribution < 1.29 is 4.79 Å². The highest BCUT2D eigenvalue weighted by Gasteiger charge is 2.34. The van der Waals surface area contributed by atoms with Crippen molar-refractivity contribution in [1.82, 2.24) is 10.6 Å². The number of halogens is 2. The lowest BCUT2D eigenvalue weighted by Gasteiger charge is -2.19. The van der Waals surface area contributed by atoms with Crippen molar-refractivity contribution in [2.24, 2.45) is 5.92 Å². The van der Waals surface area contributed by atoms with Gasteiger partial charge in [-0.15, -0.1) is 0 Å². The van der Waals surface area contributed by atoms with E-state index in [0.29, 0.717) is 23.1 Å². The summed E-state index contributed by atoms with van der Waals surface area (Å²) in [5.74, 6) is 0.0743. The molecule has 0 aromatic heterocycles. The fourth-order valence-electron chi connectivity index (χ4n) is 3.20. The van der Waals surface area contributed by atoms with Crippen LogP contribution in [0.1, 0.15) is 17.0 Å². The van der Waals surface area contributed by atoms with E-state index >= 15 is 0 Å². The lowest BCUT2D eigenvalue weighted by Crippen LogP contribution is -2.35. The molecular weight excluding hydrogens is 343 g/mol. The zero-order chi connectivity index (χ0) is 16.9. The molecule has 3 nitrogen and oxygen atoms in total. The van der Waals surface area contributed by atoms with Crippen LogP contribution in [-0.2, 0) is 11.2 Å². The Bertz CT molecular complexity index is 686. The maximum Gasteiger partial charge on any atom is 0.225 e. The minimum atomic E-state index is -0.102. The first-order valence-corrected chi connectivity index (χ1v) is 8.87. The predicted octanol–water partition coefficient (Wildman–Crippen LogP) is 3.66. The van der Waals surface area contributed by atoms with Gasteiger partial charge in [0.05, 0.1) is 5.92 Å². The molecule has 3 rings (SSSR count). The molecule has 126 valence electrons. The quantitative estimate of drug-likeness (QED) is 0.851. The van der Waals surface area contributed by atoms with E-state index in [0.717, 1.165) is 18.5 Å². The van der Waals surface area contributed by atoms with Crippen LogP contribution in [0.25, 0.3) is 0 Å². The van der Waals surface area contributed by atoms with Gasteiger partial charge in [0.1, 0.15) is 0 Å². The monoisotopic (exact) mass is 362 g/mol. The average molecular weight is 363 g/mol. The number of carbonyl (C=O) groups excluding carboxylic acids is 1. The van der Waals surface area contributed by atoms with Crippen molar-refractivity contribution in [1.29, 1.82) is 0 Å². The molecule has 0 bridgehead atoms. The number of hydrogen-bond acceptors (Lipinski definition) is 2. The molecule has 1 aliphatic heterocycles. The second-order valence-corrected chi connectivity index (χ2v) is 6.97. The zero-order valence-corrected chi connectivity index (χ0v) is 14.8. The van der Waals surface area contributed by atoms with Crippen LogP contribution >= 0.6 is 23.2 Å². The molecule has 1 amide bonds. The van der Waals surface area contributed by atoms with Gasteiger partial charge in [-0.25, -0.2) is 0 Å². The summed E-state index contributed by atoms with van der Waals surface area (Å²) in [6.07, 6.45) is 0.834. The SMILES string of the molecule is O=C(NCCc1ccccc1)[C@@H]1CNC[C@H]1c1cc(Cl)cc(Cl)c1. The van der Waals surface area contributed by atoms with Crippen LogP contribution in [0.5, 0.6) is 0 Å². The molecule has 1 saturated heterocycles. The smallest absolute Gasteiger partial charge is 0.225 e. The first-order valence-electron chi connectivity index (χ1n) is 8.12. The van der Waals surface area contributed by atoms with E-state index in [1.54, 1.807) is 6.07 Å². The second kappa shape index (κ2) is 8.02. The van der Waals surface area contributed by atoms with Crippen LogP contribution in [0.3, 0.4) is 0 Å². The molecule has 0 radical (unpaired) electrons. The lowest BCUT2D eigenvalue weighted by molar-refractivity contribution is -0.124. The normalized spacial score (nSPS) is 20.1. The number of benzene rings is 2. The molecule has 0 unspecified atom stereocenters. The third kappa shape index (κ3) is 4.29. The van der Waals surface area contributed by atoms with E-state index in [-0.39, 0.29) is 17.7 Å². The van der Waals surface area contributed by atoms with E-state index in [4.69, 9.17) is 23.2 Å². The molecule has 24 heavy (non-hydrogen) atoms. The summed E-state index contributed by atoms with van der Waals surface area (Å²) >= 11 is 12.2. The predicted molar refractivity (Wildman–Crippen MR) is 98.7 cm³/mol. The molecule has 1 fully saturated rings. The minimum Gasteiger partial charge on any atom is -0.355 e. The van der Waals surface area contributed by atoms with Gasteiger partial charge < -0.3 is 10.6 Å². The van der Waals surface area contributed by atoms with Crippen molar-refractivity contribution >= 4 is 29.1 Å². The number of nitrogens with one attached hydrogen (secondary N) is 2. The zero-order valence-electron chi connectivity index (χ0n) is 13.3. The standard InChI is InChI=1S/C19H20Cl2N2O/c20-15-8-14(9-16(21)10-15)17-11-22-12-18(17)19(24)23-7-6-13-4-2-1-3-5-13/h1-5,8-10,17-18,22H,6-7,11-12H2,(H,23,24)/t17-,18+/m0/s1. The Morgan fingerprint density at radius 3 is 2.50 bits per heavy atom. The Morgan fingerprint density at radius 1 is 1.08 bits per heavy atom. The van der Waals surface area contributed by atoms with Crippen LogP contribution < -0.4 is 10.6 Å². The van der Waals surface area contributed by atoms with Crippen molar-refractivity contribution in [2.45, 2.75) is 12.3 Å². The van der Waals surface area contributed by atoms with Gasteiger partial charge in [0.15, 0.2) is 0 Å². The van der Waals surface area contributed by atoms with Gasteiger partial charge in [0.25, 0.3) is 0 Å². The maximum atomic E-state index is 12.6. The summed E-state index contributed by atoms with van der Waals surface area (Å²) < 4.78 is 0. The van der Waals surface area contributed by atoms with Crippen molar-refractivity contribution in [3.05, 3.63) is 69.7 Å². The van der Waals surface area contributed by atoms with E-state index in [1.807, 2.05) is 30.3 Å². The lowest BCUT2D eigenvalue weighted by atomic mass is 9.88. The molecule has 0 aliphatic carbocycles. The highest BCUT2D eigenvalue weighted by Crippen LogP contribution is 2.32. The fourth-order valence-corrected chi connectivity index (χ4v) is 3.74. The summed E-state index contributed by atoms with van der Waals surface area (Å²) in [4.78, 5) is 12.6. The second-order valence-electron chi connectivity index (χ2n) is 6.10. The molecule has 2 atom stereocenters. The molecule has 2 aromatic carbocycles. The van der Waals surface area contributed by atoms with E-state index < -0.39 is 0 Å². The van der Waals surface area contributed by atoms with Crippen LogP contribution in [0.4, 0.5) is 0 Å². The molecule has 2 N–H and O–H groups in total. The first-order chi connectivity index (χ1) is 11.6. The van der Waals surface area contributed by atoms with Gasteiger partial charge in [-0.1, -0.05) is 53.5 Å². The third-order valence-electron chi connectivity index (χ3n) is 4.42. The Hall–Kier alpha value is -1.55. The average Bonchev–Trinajstić information content (AvgIpc) is 3.04. The van der Waals surface area contributed by atoms with E-state index in [9.17, 15) is 4.79 Å². The molecule has 5 heteroatoms. The van der Waals surface area contributed by atoms with Gasteiger partial charge in [-0.2, -0.15) is 0 Å². The largest absolute Gasteiger partial charge is 0.355 e. The summed E-state index contributed by atoms with van der Waals surface area (Å²) in [7, 11) is 0. The van der Waals surface area contributed by atoms with Crippen LogP contribution in [0.15, 0.2) is 48.5 Å². The van der Waals surface area contributed by atoms with Crippen molar-refractivity contribution in [3.8, 4) is 0 Å². The van der Waals surface area contributed by atoms with Crippen LogP contribution in [-0.4, -0.2) is 25.5 Å². The Labute approximate surface area is 152 Å². The highest BCUT2D eigenvalue weighted by atomic mass is 35.5. The minimum absolute atomic E-state index is 0.0806. The molecule has 0 spiro atoms. The van der Waals surface area contributed by atoms with Gasteiger partial charge in [0.2, 0.25) is 5.91 Å². The van der Waals surface area contributed by atoms with E-state index in [1.165, 1.54) is 5.56 Å². The first kappa shape index (κ1) is 17.3. The topological polar surface area (TPSA) is 41.1 Å². The van der Waals surface area contributed by atoms with Gasteiger partial charge in [-0.05, 0) is 35.7 Å². The fraction of sp³-hybridized carbons (Fsp3) is 0.316. The van der Waals surface area contributed by atoms with Crippen molar-refractivity contribution in [2.75, 3.05) is 19.6 Å². The number of rotatable bonds is 5. The third-order valence-corrected chi connectivity index (χ3v) is 4.86. The Morgan fingerprint density at radius 2 is 1.79 bits per heavy atom. The summed E-state index contributed by atoms with van der Waals surface area (Å²) in [6.45, 7) is 2.07. The molecule has 0 saturated carbocycles. The summed E-state index contributed by atoms with van der Waals surface area (Å²) in [5.41, 5.74) is 2.24.